The molecule has 0 aliphatic carbocycles. The van der Waals surface area contributed by atoms with Crippen molar-refractivity contribution in [2.24, 2.45) is 20.5 Å². The van der Waals surface area contributed by atoms with Gasteiger partial charge in [-0.2, -0.15) is 28.0 Å². The molecule has 55 heavy (non-hydrogen) atoms. The van der Waals surface area contributed by atoms with E-state index in [1.54, 1.807) is 49.4 Å². The number of para-hydroxylation sites is 2. The average molecular weight is 811 g/mol. The van der Waals surface area contributed by atoms with Crippen molar-refractivity contribution in [1.82, 2.24) is 19.6 Å². The number of aryl methyl sites for hydroxylation is 2. The molecule has 0 amide bonds. The van der Waals surface area contributed by atoms with Crippen LogP contribution in [0.3, 0.4) is 0 Å². The van der Waals surface area contributed by atoms with Crippen LogP contribution in [0.2, 0.25) is 0 Å². The number of hydrogen-bond acceptors (Lipinski definition) is 16. The predicted molar refractivity (Wildman–Crippen MR) is 188 cm³/mol. The second kappa shape index (κ2) is 16.7. The van der Waals surface area contributed by atoms with Crippen molar-refractivity contribution in [2.45, 2.75) is 18.7 Å². The fourth-order valence-electron chi connectivity index (χ4n) is 4.62. The number of non-ortho nitro benzene ring substituents is 2. The molecule has 4 aromatic carbocycles. The van der Waals surface area contributed by atoms with Gasteiger partial charge in [0, 0.05) is 35.6 Å². The Kier molecular flexibility index (Phi) is 12.4. The summed E-state index contributed by atoms with van der Waals surface area (Å²) < 4.78 is 34.4. The van der Waals surface area contributed by atoms with Crippen LogP contribution in [-0.2, 0) is 27.5 Å². The summed E-state index contributed by atoms with van der Waals surface area (Å²) in [6.45, 7) is 3.17. The standard InChI is InChI=1S/C16H13N5O7S.C16H13N5O4.Cr/c1-9-14(16(23)20(19-9)10-5-3-2-4-6-10)18-17-12-7-11(21(24)25)8-13(15(12)22)29(26,27)28;1-10-15(16(23)20(19-10)11-5-3-2-4-6-11)18-17-13-8-7-12(21(24)25)9-14(13)22;/h2-8,22-23H,1H3,(H,26,27,28);2-9,22-23H,1H3;. The number of hydrogen-bond donors (Lipinski definition) is 5. The zero-order valence-electron chi connectivity index (χ0n) is 28.1. The molecule has 0 saturated heterocycles. The summed E-state index contributed by atoms with van der Waals surface area (Å²) in [6, 6.07) is 22.3. The first-order valence-electron chi connectivity index (χ1n) is 15.0. The van der Waals surface area contributed by atoms with Crippen LogP contribution >= 0.6 is 0 Å². The number of phenolic OH excluding ortho intramolecular Hbond substituents is 2. The number of benzene rings is 4. The Morgan fingerprint density at radius 2 is 1.09 bits per heavy atom. The Hall–Kier alpha value is -7.06. The van der Waals surface area contributed by atoms with Crippen LogP contribution in [0.1, 0.15) is 11.4 Å². The van der Waals surface area contributed by atoms with E-state index in [9.17, 15) is 49.1 Å². The minimum Gasteiger partial charge on any atom is -0.505 e. The molecule has 282 valence electrons. The molecule has 0 saturated carbocycles. The minimum absolute atomic E-state index is 0. The number of nitro groups is 2. The normalized spacial score (nSPS) is 11.3. The molecule has 6 rings (SSSR count). The number of aromatic nitrogens is 4. The van der Waals surface area contributed by atoms with Gasteiger partial charge in [-0.05, 0) is 44.2 Å². The van der Waals surface area contributed by atoms with E-state index in [4.69, 9.17) is 4.55 Å². The Bertz CT molecular complexity index is 2560. The molecule has 2 aromatic heterocycles. The second-order valence-corrected chi connectivity index (χ2v) is 12.3. The third-order valence-corrected chi connectivity index (χ3v) is 8.09. The molecular weight excluding hydrogens is 784 g/mol. The largest absolute Gasteiger partial charge is 0.505 e. The summed E-state index contributed by atoms with van der Waals surface area (Å²) in [4.78, 5) is 19.0. The zero-order valence-corrected chi connectivity index (χ0v) is 30.2. The van der Waals surface area contributed by atoms with Gasteiger partial charge in [-0.25, -0.2) is 0 Å². The molecule has 0 bridgehead atoms. The van der Waals surface area contributed by atoms with Crippen molar-refractivity contribution in [3.8, 4) is 34.6 Å². The van der Waals surface area contributed by atoms with Crippen LogP contribution in [0.4, 0.5) is 34.1 Å². The average Bonchev–Trinajstić information content (AvgIpc) is 3.59. The zero-order chi connectivity index (χ0) is 39.3. The van der Waals surface area contributed by atoms with E-state index < -0.39 is 47.9 Å². The number of nitrogens with zero attached hydrogens (tertiary/aromatic N) is 10. The molecule has 23 heteroatoms. The quantitative estimate of drug-likeness (QED) is 0.0422. The van der Waals surface area contributed by atoms with Crippen molar-refractivity contribution in [2.75, 3.05) is 0 Å². The van der Waals surface area contributed by atoms with Crippen molar-refractivity contribution in [3.63, 3.8) is 0 Å². The van der Waals surface area contributed by atoms with E-state index in [2.05, 4.69) is 30.7 Å². The van der Waals surface area contributed by atoms with Gasteiger partial charge in [0.1, 0.15) is 22.0 Å². The number of phenols is 2. The summed E-state index contributed by atoms with van der Waals surface area (Å²) >= 11 is 0. The first-order chi connectivity index (χ1) is 25.6. The van der Waals surface area contributed by atoms with Gasteiger partial charge in [0.25, 0.3) is 21.5 Å². The van der Waals surface area contributed by atoms with Crippen LogP contribution in [0.25, 0.3) is 11.4 Å². The summed E-state index contributed by atoms with van der Waals surface area (Å²) in [6.07, 6.45) is 0. The molecule has 0 fully saturated rings. The van der Waals surface area contributed by atoms with E-state index >= 15 is 0 Å². The maximum atomic E-state index is 11.4. The first kappa shape index (κ1) is 40.7. The Morgan fingerprint density at radius 3 is 1.51 bits per heavy atom. The molecule has 0 aliphatic heterocycles. The van der Waals surface area contributed by atoms with Gasteiger partial charge in [-0.3, -0.25) is 24.8 Å². The van der Waals surface area contributed by atoms with E-state index in [1.165, 1.54) is 28.4 Å². The van der Waals surface area contributed by atoms with Crippen molar-refractivity contribution >= 4 is 44.2 Å². The number of aromatic hydroxyl groups is 4. The van der Waals surface area contributed by atoms with Crippen LogP contribution in [-0.4, -0.2) is 62.8 Å². The van der Waals surface area contributed by atoms with Crippen molar-refractivity contribution < 1.29 is 60.6 Å². The maximum absolute atomic E-state index is 11.4. The molecule has 0 spiro atoms. The van der Waals surface area contributed by atoms with Crippen LogP contribution in [0.5, 0.6) is 23.3 Å². The van der Waals surface area contributed by atoms with Crippen LogP contribution in [0.15, 0.2) is 116 Å². The second-order valence-electron chi connectivity index (χ2n) is 10.9. The van der Waals surface area contributed by atoms with Gasteiger partial charge in [-0.1, -0.05) is 36.4 Å². The SMILES string of the molecule is Cc1nn(-c2ccccc2)c(O)c1N=Nc1cc([N+](=O)[O-])cc(S(=O)(=O)O)c1O.Cc1nn(-c2ccccc2)c(O)c1N=Nc1ccc([N+](=O)[O-])cc1O.[Cr]. The topological polar surface area (TPSA) is 307 Å². The summed E-state index contributed by atoms with van der Waals surface area (Å²) in [7, 11) is -4.97. The van der Waals surface area contributed by atoms with E-state index in [0.29, 0.717) is 23.1 Å². The number of nitro benzene ring substituents is 2. The smallest absolute Gasteiger partial charge is 0.298 e. The molecule has 21 nitrogen and oxygen atoms in total. The van der Waals surface area contributed by atoms with Gasteiger partial charge in [0.05, 0.1) is 38.7 Å². The molecule has 0 atom stereocenters. The molecular formula is C32H26CrN10O11S. The van der Waals surface area contributed by atoms with Gasteiger partial charge in [0.15, 0.2) is 17.1 Å². The monoisotopic (exact) mass is 810 g/mol. The van der Waals surface area contributed by atoms with Crippen molar-refractivity contribution in [1.29, 1.82) is 0 Å². The van der Waals surface area contributed by atoms with E-state index in [-0.39, 0.29) is 57.4 Å². The summed E-state index contributed by atoms with van der Waals surface area (Å²) in [5, 5.41) is 85.6. The Labute approximate surface area is 320 Å². The minimum atomic E-state index is -4.97. The molecule has 0 unspecified atom stereocenters. The Morgan fingerprint density at radius 1 is 0.636 bits per heavy atom. The maximum Gasteiger partial charge on any atom is 0.298 e. The van der Waals surface area contributed by atoms with Crippen LogP contribution < -0.4 is 0 Å². The van der Waals surface area contributed by atoms with Gasteiger partial charge >= 0.3 is 0 Å². The molecule has 5 N–H and O–H groups in total. The molecule has 0 aliphatic rings. The van der Waals surface area contributed by atoms with E-state index in [0.717, 1.165) is 12.1 Å². The van der Waals surface area contributed by atoms with Gasteiger partial charge in [-0.15, -0.1) is 20.5 Å². The van der Waals surface area contributed by atoms with Crippen LogP contribution in [0, 0.1) is 34.1 Å². The summed E-state index contributed by atoms with van der Waals surface area (Å²) in [5.41, 5.74) is 0.341. The fraction of sp³-hybridized carbons (Fsp3) is 0.0625. The van der Waals surface area contributed by atoms with E-state index in [1.807, 2.05) is 18.2 Å². The third-order valence-electron chi connectivity index (χ3n) is 7.23. The van der Waals surface area contributed by atoms with Gasteiger partial charge in [0.2, 0.25) is 11.8 Å². The number of azo groups is 2. The van der Waals surface area contributed by atoms with Gasteiger partial charge < -0.3 is 20.4 Å². The Balaban J connectivity index is 0.000000243. The fourth-order valence-corrected chi connectivity index (χ4v) is 5.24. The molecule has 0 radical (unpaired) electrons. The first-order valence-corrected chi connectivity index (χ1v) is 16.5. The molecule has 6 aromatic rings. The summed E-state index contributed by atoms with van der Waals surface area (Å²) in [5.74, 6) is -2.01. The predicted octanol–water partition coefficient (Wildman–Crippen LogP) is 7.08. The third kappa shape index (κ3) is 9.12. The van der Waals surface area contributed by atoms with Crippen molar-refractivity contribution in [3.05, 3.63) is 123 Å². The number of rotatable bonds is 9. The molecule has 2 heterocycles.